The molecule has 0 saturated carbocycles. The zero-order chi connectivity index (χ0) is 17.7. The molecule has 0 amide bonds. The summed E-state index contributed by atoms with van der Waals surface area (Å²) >= 11 is 5.94. The zero-order valence-electron chi connectivity index (χ0n) is 13.7. The molecular formula is C18H21ClFNO2S. The van der Waals surface area contributed by atoms with Crippen molar-refractivity contribution < 1.29 is 12.8 Å². The predicted molar refractivity (Wildman–Crippen MR) is 95.8 cm³/mol. The van der Waals surface area contributed by atoms with E-state index in [1.54, 1.807) is 0 Å². The molecule has 0 aliphatic heterocycles. The lowest BCUT2D eigenvalue weighted by Gasteiger charge is -2.21. The molecule has 0 aliphatic carbocycles. The third-order valence-electron chi connectivity index (χ3n) is 3.63. The molecule has 2 aromatic rings. The number of halogens is 2. The Morgan fingerprint density at radius 2 is 1.75 bits per heavy atom. The normalized spacial score (nSPS) is 13.2. The summed E-state index contributed by atoms with van der Waals surface area (Å²) in [5.74, 6) is -0.803. The van der Waals surface area contributed by atoms with Crippen LogP contribution >= 0.6 is 11.6 Å². The maximum absolute atomic E-state index is 13.9. The van der Waals surface area contributed by atoms with Gasteiger partial charge in [-0.25, -0.2) is 17.5 Å². The van der Waals surface area contributed by atoms with Gasteiger partial charge in [0, 0.05) is 16.6 Å². The summed E-state index contributed by atoms with van der Waals surface area (Å²) in [5.41, 5.74) is 0.873. The highest BCUT2D eigenvalue weighted by Gasteiger charge is 2.23. The van der Waals surface area contributed by atoms with Crippen LogP contribution in [0.15, 0.2) is 48.5 Å². The van der Waals surface area contributed by atoms with Gasteiger partial charge < -0.3 is 0 Å². The minimum absolute atomic E-state index is 0.0111. The first-order chi connectivity index (χ1) is 11.3. The molecule has 0 aromatic heterocycles. The molecule has 0 bridgehead atoms. The molecule has 6 heteroatoms. The van der Waals surface area contributed by atoms with Crippen LogP contribution < -0.4 is 4.72 Å². The van der Waals surface area contributed by atoms with Gasteiger partial charge in [-0.15, -0.1) is 0 Å². The molecule has 0 unspecified atom stereocenters. The number of rotatable bonds is 7. The number of sulfonamides is 1. The van der Waals surface area contributed by atoms with Crippen molar-refractivity contribution in [3.8, 4) is 0 Å². The molecule has 0 fully saturated rings. The molecule has 2 aromatic carbocycles. The monoisotopic (exact) mass is 369 g/mol. The fraction of sp³-hybridized carbons (Fsp3) is 0.333. The van der Waals surface area contributed by atoms with Gasteiger partial charge >= 0.3 is 0 Å². The third kappa shape index (κ3) is 5.30. The maximum Gasteiger partial charge on any atom is 0.216 e. The summed E-state index contributed by atoms with van der Waals surface area (Å²) in [4.78, 5) is 0. The Morgan fingerprint density at radius 1 is 1.08 bits per heavy atom. The molecule has 2 rings (SSSR count). The molecule has 0 saturated heterocycles. The van der Waals surface area contributed by atoms with Crippen LogP contribution in [0.4, 0.5) is 4.39 Å². The molecule has 0 radical (unpaired) electrons. The van der Waals surface area contributed by atoms with E-state index in [9.17, 15) is 12.8 Å². The van der Waals surface area contributed by atoms with Crippen LogP contribution in [0, 0.1) is 11.7 Å². The lowest BCUT2D eigenvalue weighted by atomic mass is 9.98. The Hall–Kier alpha value is -1.43. The van der Waals surface area contributed by atoms with Gasteiger partial charge in [-0.2, -0.15) is 0 Å². The largest absolute Gasteiger partial charge is 0.216 e. The Morgan fingerprint density at radius 3 is 2.33 bits per heavy atom. The van der Waals surface area contributed by atoms with E-state index in [1.165, 1.54) is 18.2 Å². The predicted octanol–water partition coefficient (Wildman–Crippen LogP) is 4.69. The van der Waals surface area contributed by atoms with Gasteiger partial charge in [0.15, 0.2) is 0 Å². The summed E-state index contributed by atoms with van der Waals surface area (Å²) in [6, 6.07) is 13.2. The van der Waals surface area contributed by atoms with E-state index in [1.807, 2.05) is 44.2 Å². The Bertz CT molecular complexity index is 759. The van der Waals surface area contributed by atoms with E-state index in [-0.39, 0.29) is 16.6 Å². The first-order valence-corrected chi connectivity index (χ1v) is 9.79. The van der Waals surface area contributed by atoms with E-state index < -0.39 is 21.6 Å². The molecule has 130 valence electrons. The van der Waals surface area contributed by atoms with E-state index in [0.717, 1.165) is 5.56 Å². The molecular weight excluding hydrogens is 349 g/mol. The maximum atomic E-state index is 13.9. The van der Waals surface area contributed by atoms with Crippen LogP contribution in [-0.2, 0) is 15.8 Å². The van der Waals surface area contributed by atoms with Crippen LogP contribution in [0.3, 0.4) is 0 Å². The average molecular weight is 370 g/mol. The number of benzene rings is 2. The van der Waals surface area contributed by atoms with Crippen molar-refractivity contribution in [1.82, 2.24) is 4.72 Å². The van der Waals surface area contributed by atoms with Crippen LogP contribution in [-0.4, -0.2) is 8.42 Å². The lowest BCUT2D eigenvalue weighted by molar-refractivity contribution is 0.471. The van der Waals surface area contributed by atoms with Crippen molar-refractivity contribution in [3.05, 3.63) is 70.5 Å². The molecule has 24 heavy (non-hydrogen) atoms. The topological polar surface area (TPSA) is 46.2 Å². The summed E-state index contributed by atoms with van der Waals surface area (Å²) < 4.78 is 41.6. The van der Waals surface area contributed by atoms with Crippen LogP contribution in [0.1, 0.15) is 37.4 Å². The minimum Gasteiger partial charge on any atom is -0.212 e. The first-order valence-electron chi connectivity index (χ1n) is 7.76. The lowest BCUT2D eigenvalue weighted by Crippen LogP contribution is -2.31. The van der Waals surface area contributed by atoms with Crippen LogP contribution in [0.25, 0.3) is 0 Å². The van der Waals surface area contributed by atoms with Gasteiger partial charge in [0.2, 0.25) is 10.0 Å². The van der Waals surface area contributed by atoms with Crippen molar-refractivity contribution in [2.75, 3.05) is 0 Å². The molecule has 0 heterocycles. The van der Waals surface area contributed by atoms with Crippen LogP contribution in [0.2, 0.25) is 5.02 Å². The summed E-state index contributed by atoms with van der Waals surface area (Å²) in [7, 11) is -3.75. The highest BCUT2D eigenvalue weighted by atomic mass is 35.5. The highest BCUT2D eigenvalue weighted by molar-refractivity contribution is 7.88. The van der Waals surface area contributed by atoms with Crippen molar-refractivity contribution in [2.24, 2.45) is 5.92 Å². The van der Waals surface area contributed by atoms with E-state index >= 15 is 0 Å². The number of nitrogens with one attached hydrogen (secondary N) is 1. The van der Waals surface area contributed by atoms with E-state index in [2.05, 4.69) is 4.72 Å². The molecule has 0 aliphatic rings. The van der Waals surface area contributed by atoms with Crippen LogP contribution in [0.5, 0.6) is 0 Å². The smallest absolute Gasteiger partial charge is 0.212 e. The first kappa shape index (κ1) is 18.9. The molecule has 1 N–H and O–H groups in total. The minimum atomic E-state index is -3.75. The molecule has 0 spiro atoms. The Kier molecular flexibility index (Phi) is 6.38. The quantitative estimate of drug-likeness (QED) is 0.769. The van der Waals surface area contributed by atoms with Gasteiger partial charge in [0.05, 0.1) is 5.75 Å². The standard InChI is InChI=1S/C18H21ClFNO2S/c1-13(2)11-18(14-7-4-3-5-8-14)21-24(22,23)12-15-16(19)9-6-10-17(15)20/h3-10,13,18,21H,11-12H2,1-2H3/t18-/m0/s1. The van der Waals surface area contributed by atoms with E-state index in [0.29, 0.717) is 12.3 Å². The fourth-order valence-corrected chi connectivity index (χ4v) is 4.26. The van der Waals surface area contributed by atoms with E-state index in [4.69, 9.17) is 11.6 Å². The van der Waals surface area contributed by atoms with Crippen molar-refractivity contribution in [1.29, 1.82) is 0 Å². The summed E-state index contributed by atoms with van der Waals surface area (Å²) in [6.07, 6.45) is 0.647. The van der Waals surface area contributed by atoms with Gasteiger partial charge in [0.25, 0.3) is 0 Å². The van der Waals surface area contributed by atoms with Gasteiger partial charge in [-0.1, -0.05) is 61.8 Å². The Balaban J connectivity index is 2.24. The molecule has 3 nitrogen and oxygen atoms in total. The summed E-state index contributed by atoms with van der Waals surface area (Å²) in [6.45, 7) is 4.05. The second kappa shape index (κ2) is 8.10. The fourth-order valence-electron chi connectivity index (χ4n) is 2.53. The Labute approximate surface area is 147 Å². The number of hydrogen-bond acceptors (Lipinski definition) is 2. The zero-order valence-corrected chi connectivity index (χ0v) is 15.2. The van der Waals surface area contributed by atoms with Gasteiger partial charge in [0.1, 0.15) is 5.82 Å². The van der Waals surface area contributed by atoms with Crippen molar-refractivity contribution >= 4 is 21.6 Å². The third-order valence-corrected chi connectivity index (χ3v) is 5.29. The van der Waals surface area contributed by atoms with Crippen molar-refractivity contribution in [3.63, 3.8) is 0 Å². The second-order valence-corrected chi connectivity index (χ2v) is 8.33. The summed E-state index contributed by atoms with van der Waals surface area (Å²) in [5, 5.41) is 0.112. The van der Waals surface area contributed by atoms with Gasteiger partial charge in [-0.3, -0.25) is 0 Å². The second-order valence-electron chi connectivity index (χ2n) is 6.17. The average Bonchev–Trinajstić information content (AvgIpc) is 2.51. The number of hydrogen-bond donors (Lipinski definition) is 1. The molecule has 1 atom stereocenters. The van der Waals surface area contributed by atoms with Gasteiger partial charge in [-0.05, 0) is 30.0 Å². The van der Waals surface area contributed by atoms with Crippen molar-refractivity contribution in [2.45, 2.75) is 32.1 Å². The highest BCUT2D eigenvalue weighted by Crippen LogP contribution is 2.25. The SMILES string of the molecule is CC(C)C[C@H](NS(=O)(=O)Cc1c(F)cccc1Cl)c1ccccc1.